The van der Waals surface area contributed by atoms with E-state index in [1.54, 1.807) is 0 Å². The van der Waals surface area contributed by atoms with Crippen LogP contribution in [-0.4, -0.2) is 43.8 Å². The standard InChI is InChI=1S/C12H18ClN3O3S/c1-9(2)7-15-12(17)8-16(3)20(18,19)10-4-5-14-11(13)6-10/h4-6,9H,7-8H2,1-3H3,(H,15,17). The molecule has 1 aromatic rings. The fourth-order valence-electron chi connectivity index (χ4n) is 1.39. The van der Waals surface area contributed by atoms with Gasteiger partial charge in [-0.3, -0.25) is 4.79 Å². The third-order valence-electron chi connectivity index (χ3n) is 2.48. The van der Waals surface area contributed by atoms with Crippen molar-refractivity contribution in [1.82, 2.24) is 14.6 Å². The van der Waals surface area contributed by atoms with Crippen molar-refractivity contribution in [2.45, 2.75) is 18.7 Å². The van der Waals surface area contributed by atoms with E-state index >= 15 is 0 Å². The minimum atomic E-state index is -3.75. The minimum Gasteiger partial charge on any atom is -0.355 e. The SMILES string of the molecule is CC(C)CNC(=O)CN(C)S(=O)(=O)c1ccnc(Cl)c1. The smallest absolute Gasteiger partial charge is 0.243 e. The zero-order valence-electron chi connectivity index (χ0n) is 11.6. The first kappa shape index (κ1) is 16.9. The van der Waals surface area contributed by atoms with Crippen molar-refractivity contribution in [3.63, 3.8) is 0 Å². The Morgan fingerprint density at radius 2 is 2.15 bits per heavy atom. The number of aromatic nitrogens is 1. The van der Waals surface area contributed by atoms with E-state index in [1.807, 2.05) is 13.8 Å². The maximum absolute atomic E-state index is 12.2. The zero-order valence-corrected chi connectivity index (χ0v) is 13.2. The molecule has 0 radical (unpaired) electrons. The molecule has 1 amide bonds. The molecular formula is C12H18ClN3O3S. The third kappa shape index (κ3) is 4.73. The summed E-state index contributed by atoms with van der Waals surface area (Å²) in [4.78, 5) is 15.4. The van der Waals surface area contributed by atoms with E-state index in [4.69, 9.17) is 11.6 Å². The van der Waals surface area contributed by atoms with Gasteiger partial charge in [-0.2, -0.15) is 4.31 Å². The summed E-state index contributed by atoms with van der Waals surface area (Å²) in [5.74, 6) is -0.0372. The van der Waals surface area contributed by atoms with Gasteiger partial charge in [0, 0.05) is 19.8 Å². The molecule has 0 saturated carbocycles. The van der Waals surface area contributed by atoms with E-state index in [0.29, 0.717) is 12.5 Å². The molecule has 0 aliphatic rings. The number of nitrogens with zero attached hydrogens (tertiary/aromatic N) is 2. The minimum absolute atomic E-state index is 0.0108. The lowest BCUT2D eigenvalue weighted by Crippen LogP contribution is -2.39. The molecule has 0 saturated heterocycles. The van der Waals surface area contributed by atoms with Crippen molar-refractivity contribution >= 4 is 27.5 Å². The summed E-state index contributed by atoms with van der Waals surface area (Å²) in [7, 11) is -2.40. The third-order valence-corrected chi connectivity index (χ3v) is 4.49. The number of sulfonamides is 1. The van der Waals surface area contributed by atoms with Crippen molar-refractivity contribution in [2.75, 3.05) is 20.1 Å². The molecule has 0 spiro atoms. The predicted molar refractivity (Wildman–Crippen MR) is 76.9 cm³/mol. The molecule has 8 heteroatoms. The molecular weight excluding hydrogens is 302 g/mol. The van der Waals surface area contributed by atoms with Crippen LogP contribution in [0.3, 0.4) is 0 Å². The van der Waals surface area contributed by atoms with E-state index in [1.165, 1.54) is 25.4 Å². The summed E-state index contributed by atoms with van der Waals surface area (Å²) in [5, 5.41) is 2.75. The van der Waals surface area contributed by atoms with Gasteiger partial charge in [0.25, 0.3) is 0 Å². The van der Waals surface area contributed by atoms with E-state index < -0.39 is 10.0 Å². The summed E-state index contributed by atoms with van der Waals surface area (Å²) < 4.78 is 25.4. The second-order valence-electron chi connectivity index (χ2n) is 4.77. The van der Waals surface area contributed by atoms with E-state index in [2.05, 4.69) is 10.3 Å². The van der Waals surface area contributed by atoms with Gasteiger partial charge in [0.1, 0.15) is 5.15 Å². The maximum Gasteiger partial charge on any atom is 0.243 e. The van der Waals surface area contributed by atoms with Crippen LogP contribution in [0.1, 0.15) is 13.8 Å². The van der Waals surface area contributed by atoms with Gasteiger partial charge in [-0.25, -0.2) is 13.4 Å². The van der Waals surface area contributed by atoms with Crippen molar-refractivity contribution in [2.24, 2.45) is 5.92 Å². The first-order valence-electron chi connectivity index (χ1n) is 6.08. The molecule has 1 rings (SSSR count). The lowest BCUT2D eigenvalue weighted by molar-refractivity contribution is -0.121. The molecule has 0 aromatic carbocycles. The number of carbonyl (C=O) groups excluding carboxylic acids is 1. The number of amides is 1. The fraction of sp³-hybridized carbons (Fsp3) is 0.500. The first-order chi connectivity index (χ1) is 9.23. The molecule has 0 aliphatic carbocycles. The molecule has 1 aromatic heterocycles. The molecule has 1 heterocycles. The number of rotatable bonds is 6. The molecule has 20 heavy (non-hydrogen) atoms. The van der Waals surface area contributed by atoms with Crippen LogP contribution in [0, 0.1) is 5.92 Å². The van der Waals surface area contributed by atoms with Gasteiger partial charge in [-0.1, -0.05) is 25.4 Å². The van der Waals surface area contributed by atoms with Crippen LogP contribution >= 0.6 is 11.6 Å². The molecule has 1 N–H and O–H groups in total. The van der Waals surface area contributed by atoms with Crippen LogP contribution < -0.4 is 5.32 Å². The van der Waals surface area contributed by atoms with Crippen molar-refractivity contribution in [3.05, 3.63) is 23.5 Å². The lowest BCUT2D eigenvalue weighted by Gasteiger charge is -2.17. The number of hydrogen-bond acceptors (Lipinski definition) is 4. The highest BCUT2D eigenvalue weighted by molar-refractivity contribution is 7.89. The maximum atomic E-state index is 12.2. The number of pyridine rings is 1. The Balaban J connectivity index is 2.75. The van der Waals surface area contributed by atoms with Crippen molar-refractivity contribution in [1.29, 1.82) is 0 Å². The Morgan fingerprint density at radius 1 is 1.50 bits per heavy atom. The second-order valence-corrected chi connectivity index (χ2v) is 7.21. The molecule has 112 valence electrons. The van der Waals surface area contributed by atoms with Crippen molar-refractivity contribution in [3.8, 4) is 0 Å². The molecule has 0 aliphatic heterocycles. The van der Waals surface area contributed by atoms with Gasteiger partial charge in [0.15, 0.2) is 0 Å². The highest BCUT2D eigenvalue weighted by Gasteiger charge is 2.23. The Labute approximate surface area is 124 Å². The predicted octanol–water partition coefficient (Wildman–Crippen LogP) is 1.13. The summed E-state index contributed by atoms with van der Waals surface area (Å²) in [6, 6.07) is 2.59. The average Bonchev–Trinajstić information content (AvgIpc) is 2.36. The van der Waals surface area contributed by atoms with Gasteiger partial charge in [0.2, 0.25) is 15.9 Å². The Kier molecular flexibility index (Phi) is 5.91. The largest absolute Gasteiger partial charge is 0.355 e. The highest BCUT2D eigenvalue weighted by atomic mass is 35.5. The molecule has 0 unspecified atom stereocenters. The quantitative estimate of drug-likeness (QED) is 0.797. The number of hydrogen-bond donors (Lipinski definition) is 1. The normalized spacial score (nSPS) is 11.9. The Hall–Kier alpha value is -1.18. The summed E-state index contributed by atoms with van der Waals surface area (Å²) in [5.41, 5.74) is 0. The van der Waals surface area contributed by atoms with Crippen LogP contribution in [0.15, 0.2) is 23.2 Å². The molecule has 0 fully saturated rings. The van der Waals surface area contributed by atoms with Gasteiger partial charge in [-0.05, 0) is 18.1 Å². The monoisotopic (exact) mass is 319 g/mol. The van der Waals surface area contributed by atoms with Crippen LogP contribution in [-0.2, 0) is 14.8 Å². The van der Waals surface area contributed by atoms with Crippen molar-refractivity contribution < 1.29 is 13.2 Å². The molecule has 0 atom stereocenters. The summed E-state index contributed by atoms with van der Waals surface area (Å²) >= 11 is 5.67. The topological polar surface area (TPSA) is 79.4 Å². The first-order valence-corrected chi connectivity index (χ1v) is 7.90. The van der Waals surface area contributed by atoms with E-state index in [-0.39, 0.29) is 22.5 Å². The second kappa shape index (κ2) is 7.01. The van der Waals surface area contributed by atoms with Crippen LogP contribution in [0.2, 0.25) is 5.15 Å². The number of halogens is 1. The summed E-state index contributed by atoms with van der Waals surface area (Å²) in [6.45, 7) is 4.18. The van der Waals surface area contributed by atoms with Gasteiger partial charge in [-0.15, -0.1) is 0 Å². The van der Waals surface area contributed by atoms with Crippen LogP contribution in [0.4, 0.5) is 0 Å². The van der Waals surface area contributed by atoms with Crippen LogP contribution in [0.5, 0.6) is 0 Å². The fourth-order valence-corrected chi connectivity index (χ4v) is 2.77. The summed E-state index contributed by atoms with van der Waals surface area (Å²) in [6.07, 6.45) is 1.31. The van der Waals surface area contributed by atoms with E-state index in [9.17, 15) is 13.2 Å². The number of nitrogens with one attached hydrogen (secondary N) is 1. The molecule has 6 nitrogen and oxygen atoms in total. The van der Waals surface area contributed by atoms with Gasteiger partial charge in [0.05, 0.1) is 11.4 Å². The number of carbonyl (C=O) groups is 1. The van der Waals surface area contributed by atoms with Gasteiger partial charge >= 0.3 is 0 Å². The van der Waals surface area contributed by atoms with E-state index in [0.717, 1.165) is 4.31 Å². The number of likely N-dealkylation sites (N-methyl/N-ethyl adjacent to an activating group) is 1. The Morgan fingerprint density at radius 3 is 2.70 bits per heavy atom. The van der Waals surface area contributed by atoms with Gasteiger partial charge < -0.3 is 5.32 Å². The van der Waals surface area contributed by atoms with Crippen LogP contribution in [0.25, 0.3) is 0 Å². The average molecular weight is 320 g/mol. The zero-order chi connectivity index (χ0) is 15.3. The lowest BCUT2D eigenvalue weighted by atomic mass is 10.2. The highest BCUT2D eigenvalue weighted by Crippen LogP contribution is 2.16. The Bertz CT molecular complexity index is 575. The molecule has 0 bridgehead atoms.